The van der Waals surface area contributed by atoms with E-state index in [2.05, 4.69) is 26.4 Å². The summed E-state index contributed by atoms with van der Waals surface area (Å²) in [5.74, 6) is -0.262. The maximum absolute atomic E-state index is 12.1. The predicted molar refractivity (Wildman–Crippen MR) is 74.5 cm³/mol. The summed E-state index contributed by atoms with van der Waals surface area (Å²) in [4.78, 5) is 28.3. The highest BCUT2D eigenvalue weighted by Gasteiger charge is 2.22. The zero-order chi connectivity index (χ0) is 14.0. The van der Waals surface area contributed by atoms with Gasteiger partial charge in [-0.1, -0.05) is 11.2 Å². The van der Waals surface area contributed by atoms with Crippen molar-refractivity contribution in [1.29, 1.82) is 0 Å². The van der Waals surface area contributed by atoms with Crippen LogP contribution in [0, 0.1) is 6.92 Å². The average molecular weight is 325 g/mol. The third-order valence-electron chi connectivity index (χ3n) is 2.80. The van der Waals surface area contributed by atoms with Gasteiger partial charge < -0.3 is 10.2 Å². The van der Waals surface area contributed by atoms with Crippen LogP contribution in [0.4, 0.5) is 0 Å². The van der Waals surface area contributed by atoms with E-state index in [9.17, 15) is 9.59 Å². The lowest BCUT2D eigenvalue weighted by atomic mass is 10.0. The highest BCUT2D eigenvalue weighted by molar-refractivity contribution is 9.18. The summed E-state index contributed by atoms with van der Waals surface area (Å²) in [5.41, 5.74) is 1.87. The molecular formula is C13H13BrN2O3. The molecule has 5 nitrogen and oxygen atoms in total. The summed E-state index contributed by atoms with van der Waals surface area (Å²) in [6.45, 7) is 3.29. The van der Waals surface area contributed by atoms with Crippen molar-refractivity contribution in [3.8, 4) is 0 Å². The molecule has 1 aliphatic heterocycles. The number of nitrogens with zero attached hydrogens (tertiary/aromatic N) is 1. The van der Waals surface area contributed by atoms with Crippen LogP contribution in [0.2, 0.25) is 0 Å². The Kier molecular flexibility index (Phi) is 3.99. The predicted octanol–water partition coefficient (Wildman–Crippen LogP) is 2.38. The van der Waals surface area contributed by atoms with Gasteiger partial charge in [-0.25, -0.2) is 0 Å². The van der Waals surface area contributed by atoms with Crippen LogP contribution in [0.5, 0.6) is 0 Å². The molecule has 2 rings (SSSR count). The Hall–Kier alpha value is -1.69. The summed E-state index contributed by atoms with van der Waals surface area (Å²) in [5, 5.41) is 6.42. The van der Waals surface area contributed by atoms with Crippen LogP contribution in [-0.4, -0.2) is 22.5 Å². The number of Topliss-reactive ketones (excluding diaryl/α,β-unsaturated/α-hetero) is 1. The second kappa shape index (κ2) is 5.52. The maximum atomic E-state index is 12.1. The van der Waals surface area contributed by atoms with E-state index in [-0.39, 0.29) is 11.7 Å². The van der Waals surface area contributed by atoms with Crippen molar-refractivity contribution in [2.45, 2.75) is 26.5 Å². The number of oxime groups is 1. The molecule has 1 unspecified atom stereocenters. The second-order valence-electron chi connectivity index (χ2n) is 4.33. The Labute approximate surface area is 119 Å². The highest BCUT2D eigenvalue weighted by Crippen LogP contribution is 2.15. The molecule has 1 amide bonds. The molecule has 19 heavy (non-hydrogen) atoms. The quantitative estimate of drug-likeness (QED) is 0.868. The van der Waals surface area contributed by atoms with E-state index in [4.69, 9.17) is 4.84 Å². The Morgan fingerprint density at radius 2 is 2.21 bits per heavy atom. The van der Waals surface area contributed by atoms with Crippen LogP contribution in [-0.2, 0) is 4.84 Å². The number of hydrogen-bond acceptors (Lipinski definition) is 4. The Bertz CT molecular complexity index is 569. The van der Waals surface area contributed by atoms with Gasteiger partial charge in [0.15, 0.2) is 5.78 Å². The van der Waals surface area contributed by atoms with Gasteiger partial charge in [0, 0.05) is 11.1 Å². The van der Waals surface area contributed by atoms with Crippen molar-refractivity contribution >= 4 is 32.2 Å². The molecule has 0 aromatic heterocycles. The molecule has 1 aliphatic rings. The minimum absolute atomic E-state index is 0.0217. The first-order chi connectivity index (χ1) is 8.97. The first-order valence-corrected chi connectivity index (χ1v) is 6.57. The van der Waals surface area contributed by atoms with Gasteiger partial charge in [-0.3, -0.25) is 9.59 Å². The minimum Gasteiger partial charge on any atom is -0.369 e. The van der Waals surface area contributed by atoms with Crippen molar-refractivity contribution in [1.82, 2.24) is 5.32 Å². The van der Waals surface area contributed by atoms with Crippen molar-refractivity contribution in [2.24, 2.45) is 5.16 Å². The number of amides is 1. The minimum atomic E-state index is -0.450. The number of nitrogens with one attached hydrogen (secondary N) is 1. The van der Waals surface area contributed by atoms with Crippen molar-refractivity contribution in [2.75, 3.05) is 0 Å². The SMILES string of the molecule is CC(=O)c1ccc(C(=O)NC2CC(Br)=NO2)c(C)c1. The number of rotatable bonds is 3. The fourth-order valence-electron chi connectivity index (χ4n) is 1.79. The van der Waals surface area contributed by atoms with E-state index in [1.165, 1.54) is 6.92 Å². The normalized spacial score (nSPS) is 17.6. The van der Waals surface area contributed by atoms with Crippen LogP contribution in [0.1, 0.15) is 39.6 Å². The number of halogens is 1. The van der Waals surface area contributed by atoms with E-state index in [1.54, 1.807) is 25.1 Å². The van der Waals surface area contributed by atoms with Gasteiger partial charge in [0.2, 0.25) is 6.23 Å². The van der Waals surface area contributed by atoms with E-state index in [1.807, 2.05) is 0 Å². The molecule has 1 atom stereocenters. The molecule has 100 valence electrons. The number of hydrogen-bond donors (Lipinski definition) is 1. The van der Waals surface area contributed by atoms with Gasteiger partial charge in [0.05, 0.1) is 6.42 Å². The summed E-state index contributed by atoms with van der Waals surface area (Å²) in [7, 11) is 0. The number of carbonyl (C=O) groups is 2. The Morgan fingerprint density at radius 1 is 1.47 bits per heavy atom. The van der Waals surface area contributed by atoms with Crippen molar-refractivity contribution in [3.63, 3.8) is 0 Å². The number of benzene rings is 1. The van der Waals surface area contributed by atoms with Gasteiger partial charge in [-0.15, -0.1) is 0 Å². The first-order valence-electron chi connectivity index (χ1n) is 5.78. The van der Waals surface area contributed by atoms with Crippen molar-refractivity contribution in [3.05, 3.63) is 34.9 Å². The zero-order valence-corrected chi connectivity index (χ0v) is 12.2. The van der Waals surface area contributed by atoms with Crippen LogP contribution in [0.15, 0.2) is 23.4 Å². The highest BCUT2D eigenvalue weighted by atomic mass is 79.9. The van der Waals surface area contributed by atoms with E-state index in [0.717, 1.165) is 5.56 Å². The van der Waals surface area contributed by atoms with Gasteiger partial charge in [-0.05, 0) is 47.5 Å². The van der Waals surface area contributed by atoms with Crippen LogP contribution >= 0.6 is 15.9 Å². The van der Waals surface area contributed by atoms with Gasteiger partial charge in [0.1, 0.15) is 4.62 Å². The molecule has 0 bridgehead atoms. The van der Waals surface area contributed by atoms with Crippen LogP contribution in [0.3, 0.4) is 0 Å². The fourth-order valence-corrected chi connectivity index (χ4v) is 2.16. The number of aryl methyl sites for hydroxylation is 1. The molecule has 0 radical (unpaired) electrons. The molecule has 6 heteroatoms. The van der Waals surface area contributed by atoms with Gasteiger partial charge in [-0.2, -0.15) is 0 Å². The second-order valence-corrected chi connectivity index (χ2v) is 5.24. The number of ketones is 1. The lowest BCUT2D eigenvalue weighted by Crippen LogP contribution is -2.35. The maximum Gasteiger partial charge on any atom is 0.254 e. The summed E-state index contributed by atoms with van der Waals surface area (Å²) >= 11 is 3.20. The van der Waals surface area contributed by atoms with Crippen LogP contribution in [0.25, 0.3) is 0 Å². The number of carbonyl (C=O) groups excluding carboxylic acids is 2. The Morgan fingerprint density at radius 3 is 2.74 bits per heavy atom. The molecule has 1 aromatic carbocycles. The fraction of sp³-hybridized carbons (Fsp3) is 0.308. The summed E-state index contributed by atoms with van der Waals surface area (Å²) in [6.07, 6.45) is 0.0600. The van der Waals surface area contributed by atoms with E-state index >= 15 is 0 Å². The van der Waals surface area contributed by atoms with E-state index in [0.29, 0.717) is 22.2 Å². The van der Waals surface area contributed by atoms with Gasteiger partial charge >= 0.3 is 0 Å². The zero-order valence-electron chi connectivity index (χ0n) is 10.6. The topological polar surface area (TPSA) is 67.8 Å². The molecule has 1 heterocycles. The molecule has 0 saturated heterocycles. The molecule has 0 spiro atoms. The average Bonchev–Trinajstić information content (AvgIpc) is 2.74. The molecule has 0 aliphatic carbocycles. The lowest BCUT2D eigenvalue weighted by molar-refractivity contribution is 0.0502. The lowest BCUT2D eigenvalue weighted by Gasteiger charge is -2.12. The van der Waals surface area contributed by atoms with E-state index < -0.39 is 6.23 Å². The third-order valence-corrected chi connectivity index (χ3v) is 3.27. The van der Waals surface area contributed by atoms with Gasteiger partial charge in [0.25, 0.3) is 5.91 Å². The molecule has 0 fully saturated rings. The Balaban J connectivity index is 2.09. The summed E-state index contributed by atoms with van der Waals surface area (Å²) in [6, 6.07) is 5.00. The molecule has 1 aromatic rings. The van der Waals surface area contributed by atoms with Crippen LogP contribution < -0.4 is 5.32 Å². The molecular weight excluding hydrogens is 312 g/mol. The smallest absolute Gasteiger partial charge is 0.254 e. The first kappa shape index (κ1) is 13.7. The standard InChI is InChI=1S/C13H13BrN2O3/c1-7-5-9(8(2)17)3-4-10(7)13(18)15-12-6-11(14)16-19-12/h3-5,12H,6H2,1-2H3,(H,15,18). The molecule has 0 saturated carbocycles. The van der Waals surface area contributed by atoms with Crippen molar-refractivity contribution < 1.29 is 14.4 Å². The third kappa shape index (κ3) is 3.20. The molecule has 1 N–H and O–H groups in total. The largest absolute Gasteiger partial charge is 0.369 e. The summed E-state index contributed by atoms with van der Waals surface area (Å²) < 4.78 is 0.668. The monoisotopic (exact) mass is 324 g/mol.